The average Bonchev–Trinajstić information content (AvgIpc) is 2.26. The van der Waals surface area contributed by atoms with Crippen LogP contribution < -0.4 is 0 Å². The van der Waals surface area contributed by atoms with Gasteiger partial charge in [-0.3, -0.25) is 4.79 Å². The molecule has 0 aliphatic rings. The molecule has 0 bridgehead atoms. The maximum Gasteiger partial charge on any atom is 0.374 e. The number of rotatable bonds is 5. The van der Waals surface area contributed by atoms with Gasteiger partial charge in [-0.25, -0.2) is 4.79 Å². The number of carboxylic acids is 1. The molecule has 0 spiro atoms. The van der Waals surface area contributed by atoms with Gasteiger partial charge in [0.05, 0.1) is 6.61 Å². The first-order valence-electron chi connectivity index (χ1n) is 4.54. The van der Waals surface area contributed by atoms with Crippen LogP contribution in [0.2, 0.25) is 0 Å². The van der Waals surface area contributed by atoms with Crippen LogP contribution in [-0.4, -0.2) is 23.0 Å². The van der Waals surface area contributed by atoms with E-state index in [0.29, 0.717) is 0 Å². The Balaban J connectivity index is 2.44. The van der Waals surface area contributed by atoms with E-state index in [-0.39, 0.29) is 6.61 Å². The van der Waals surface area contributed by atoms with E-state index in [9.17, 15) is 9.59 Å². The van der Waals surface area contributed by atoms with Crippen LogP contribution in [0.25, 0.3) is 0 Å². The van der Waals surface area contributed by atoms with Gasteiger partial charge < -0.3 is 9.84 Å². The molecule has 0 aliphatic heterocycles. The van der Waals surface area contributed by atoms with Gasteiger partial charge in [-0.05, 0) is 12.5 Å². The van der Waals surface area contributed by atoms with Crippen LogP contribution in [-0.2, 0) is 20.9 Å². The summed E-state index contributed by atoms with van der Waals surface area (Å²) in [7, 11) is 0. The fourth-order valence-electron chi connectivity index (χ4n) is 1.05. The molecule has 0 fully saturated rings. The molecule has 0 heterocycles. The lowest BCUT2D eigenvalue weighted by molar-refractivity contribution is -0.154. The van der Waals surface area contributed by atoms with E-state index in [1.54, 1.807) is 0 Å². The highest BCUT2D eigenvalue weighted by Gasteiger charge is 2.20. The first-order valence-corrected chi connectivity index (χ1v) is 4.54. The number of hydrogen-bond acceptors (Lipinski definition) is 3. The van der Waals surface area contributed by atoms with Crippen molar-refractivity contribution in [3.8, 4) is 0 Å². The summed E-state index contributed by atoms with van der Waals surface area (Å²) in [6.07, 6.45) is -0.914. The number of aliphatic carboxylic acids is 1. The van der Waals surface area contributed by atoms with Gasteiger partial charge in [0.1, 0.15) is 6.10 Å². The van der Waals surface area contributed by atoms with Gasteiger partial charge in [-0.2, -0.15) is 0 Å². The highest BCUT2D eigenvalue weighted by Crippen LogP contribution is 2.03. The van der Waals surface area contributed by atoms with E-state index in [4.69, 9.17) is 9.84 Å². The monoisotopic (exact) mass is 208 g/mol. The fourth-order valence-corrected chi connectivity index (χ4v) is 1.05. The second kappa shape index (κ2) is 5.26. The topological polar surface area (TPSA) is 63.6 Å². The molecule has 1 unspecified atom stereocenters. The van der Waals surface area contributed by atoms with E-state index in [1.165, 1.54) is 6.92 Å². The first-order chi connectivity index (χ1) is 7.11. The molecule has 0 aromatic heterocycles. The Labute approximate surface area is 87.5 Å². The Hall–Kier alpha value is -1.68. The number of carboxylic acid groups (broad SMARTS) is 1. The summed E-state index contributed by atoms with van der Waals surface area (Å²) in [6, 6.07) is 9.26. The van der Waals surface area contributed by atoms with E-state index >= 15 is 0 Å². The standard InChI is InChI=1S/C11H12O4/c1-8(10(12)11(13)14)15-7-9-5-3-2-4-6-9/h2-6,8H,7H2,1H3,(H,13,14). The average molecular weight is 208 g/mol. The molecule has 4 heteroatoms. The predicted molar refractivity (Wildman–Crippen MR) is 53.3 cm³/mol. The molecule has 0 aliphatic carbocycles. The lowest BCUT2D eigenvalue weighted by atomic mass is 10.2. The lowest BCUT2D eigenvalue weighted by Crippen LogP contribution is -2.27. The normalized spacial score (nSPS) is 12.1. The predicted octanol–water partition coefficient (Wildman–Crippen LogP) is 1.25. The highest BCUT2D eigenvalue weighted by molar-refractivity contribution is 6.34. The number of benzene rings is 1. The third-order valence-corrected chi connectivity index (χ3v) is 1.92. The van der Waals surface area contributed by atoms with E-state index in [0.717, 1.165) is 5.56 Å². The Kier molecular flexibility index (Phi) is 4.00. The molecule has 4 nitrogen and oxygen atoms in total. The summed E-state index contributed by atoms with van der Waals surface area (Å²) < 4.78 is 5.12. The molecule has 0 amide bonds. The summed E-state index contributed by atoms with van der Waals surface area (Å²) in [5.41, 5.74) is 0.905. The van der Waals surface area contributed by atoms with Crippen LogP contribution in [0.1, 0.15) is 12.5 Å². The van der Waals surface area contributed by atoms with Gasteiger partial charge in [0, 0.05) is 0 Å². The Morgan fingerprint density at radius 3 is 2.47 bits per heavy atom. The molecule has 80 valence electrons. The van der Waals surface area contributed by atoms with Crippen molar-refractivity contribution in [3.05, 3.63) is 35.9 Å². The smallest absolute Gasteiger partial charge is 0.374 e. The van der Waals surface area contributed by atoms with E-state index in [1.807, 2.05) is 30.3 Å². The molecule has 1 rings (SSSR count). The van der Waals surface area contributed by atoms with Gasteiger partial charge in [-0.1, -0.05) is 30.3 Å². The Bertz CT molecular complexity index is 345. The number of ketones is 1. The van der Waals surface area contributed by atoms with Crippen molar-refractivity contribution < 1.29 is 19.4 Å². The molecule has 0 radical (unpaired) electrons. The van der Waals surface area contributed by atoms with Crippen LogP contribution >= 0.6 is 0 Å². The van der Waals surface area contributed by atoms with Crippen molar-refractivity contribution in [2.45, 2.75) is 19.6 Å². The minimum absolute atomic E-state index is 0.237. The van der Waals surface area contributed by atoms with Crippen molar-refractivity contribution in [3.63, 3.8) is 0 Å². The summed E-state index contributed by atoms with van der Waals surface area (Å²) in [4.78, 5) is 21.3. The van der Waals surface area contributed by atoms with Crippen LogP contribution in [0.5, 0.6) is 0 Å². The quantitative estimate of drug-likeness (QED) is 0.739. The zero-order valence-corrected chi connectivity index (χ0v) is 8.34. The minimum Gasteiger partial charge on any atom is -0.475 e. The summed E-state index contributed by atoms with van der Waals surface area (Å²) in [5.74, 6) is -2.39. The van der Waals surface area contributed by atoms with Crippen LogP contribution in [0.3, 0.4) is 0 Å². The molecular weight excluding hydrogens is 196 g/mol. The van der Waals surface area contributed by atoms with Gasteiger partial charge in [0.2, 0.25) is 0 Å². The molecule has 1 aromatic carbocycles. The third kappa shape index (κ3) is 3.52. The molecule has 0 saturated heterocycles. The van der Waals surface area contributed by atoms with Crippen molar-refractivity contribution >= 4 is 11.8 Å². The fraction of sp³-hybridized carbons (Fsp3) is 0.273. The number of carbonyl (C=O) groups is 2. The zero-order chi connectivity index (χ0) is 11.3. The largest absolute Gasteiger partial charge is 0.475 e. The number of carbonyl (C=O) groups excluding carboxylic acids is 1. The van der Waals surface area contributed by atoms with Gasteiger partial charge in [0.15, 0.2) is 0 Å². The molecule has 0 saturated carbocycles. The third-order valence-electron chi connectivity index (χ3n) is 1.92. The van der Waals surface area contributed by atoms with E-state index < -0.39 is 17.9 Å². The van der Waals surface area contributed by atoms with Gasteiger partial charge in [0.25, 0.3) is 5.78 Å². The summed E-state index contributed by atoms with van der Waals surface area (Å²) in [5, 5.41) is 8.42. The van der Waals surface area contributed by atoms with Crippen molar-refractivity contribution in [1.82, 2.24) is 0 Å². The van der Waals surface area contributed by atoms with Crippen LogP contribution in [0.15, 0.2) is 30.3 Å². The number of hydrogen-bond donors (Lipinski definition) is 1. The second-order valence-electron chi connectivity index (χ2n) is 3.11. The van der Waals surface area contributed by atoms with Crippen LogP contribution in [0, 0.1) is 0 Å². The number of Topliss-reactive ketones (excluding diaryl/α,β-unsaturated/α-hetero) is 1. The maximum absolute atomic E-state index is 10.9. The molecule has 1 N–H and O–H groups in total. The number of ether oxygens (including phenoxy) is 1. The SMILES string of the molecule is CC(OCc1ccccc1)C(=O)C(=O)O. The molecular formula is C11H12O4. The molecule has 1 atom stereocenters. The zero-order valence-electron chi connectivity index (χ0n) is 8.34. The van der Waals surface area contributed by atoms with Crippen molar-refractivity contribution in [2.24, 2.45) is 0 Å². The van der Waals surface area contributed by atoms with Crippen LogP contribution in [0.4, 0.5) is 0 Å². The second-order valence-corrected chi connectivity index (χ2v) is 3.11. The van der Waals surface area contributed by atoms with Crippen molar-refractivity contribution in [2.75, 3.05) is 0 Å². The van der Waals surface area contributed by atoms with Crippen molar-refractivity contribution in [1.29, 1.82) is 0 Å². The summed E-state index contributed by atoms with van der Waals surface area (Å²) >= 11 is 0. The Morgan fingerprint density at radius 2 is 1.93 bits per heavy atom. The summed E-state index contributed by atoms with van der Waals surface area (Å²) in [6.45, 7) is 1.67. The first kappa shape index (κ1) is 11.4. The molecule has 1 aromatic rings. The van der Waals surface area contributed by atoms with E-state index in [2.05, 4.69) is 0 Å². The maximum atomic E-state index is 10.9. The van der Waals surface area contributed by atoms with Gasteiger partial charge in [-0.15, -0.1) is 0 Å². The minimum atomic E-state index is -1.46. The Morgan fingerprint density at radius 1 is 1.33 bits per heavy atom. The lowest BCUT2D eigenvalue weighted by Gasteiger charge is -2.09. The molecule has 15 heavy (non-hydrogen) atoms. The van der Waals surface area contributed by atoms with Gasteiger partial charge >= 0.3 is 5.97 Å². The highest BCUT2D eigenvalue weighted by atomic mass is 16.5.